The molecule has 0 aromatic heterocycles. The van der Waals surface area contributed by atoms with Crippen LogP contribution in [0.3, 0.4) is 0 Å². The zero-order valence-electron chi connectivity index (χ0n) is 7.62. The van der Waals surface area contributed by atoms with Gasteiger partial charge in [-0.2, -0.15) is 0 Å². The van der Waals surface area contributed by atoms with Crippen molar-refractivity contribution in [3.8, 4) is 0 Å². The maximum Gasteiger partial charge on any atom is 0.297 e. The van der Waals surface area contributed by atoms with Crippen LogP contribution in [0.15, 0.2) is 47.9 Å². The van der Waals surface area contributed by atoms with Crippen molar-refractivity contribution in [3.05, 3.63) is 47.9 Å². The van der Waals surface area contributed by atoms with E-state index in [0.717, 1.165) is 12.5 Å². The molecule has 2 rings (SSSR count). The van der Waals surface area contributed by atoms with E-state index in [0.29, 0.717) is 0 Å². The standard InChI is InChI=1S/C8H5ClO6S/c9-16(10,11)8-5-13-4-7(15-8)6-3-12-1-2-14-6/h1-5H. The average molecular weight is 265 g/mol. The molecule has 0 N–H and O–H groups in total. The van der Waals surface area contributed by atoms with Gasteiger partial charge in [0.1, 0.15) is 31.3 Å². The molecular weight excluding hydrogens is 260 g/mol. The molecule has 2 aliphatic rings. The van der Waals surface area contributed by atoms with Crippen LogP contribution in [0, 0.1) is 0 Å². The molecule has 0 saturated carbocycles. The van der Waals surface area contributed by atoms with Crippen LogP contribution in [0.5, 0.6) is 0 Å². The largest absolute Gasteiger partial charge is 0.465 e. The van der Waals surface area contributed by atoms with Crippen molar-refractivity contribution >= 4 is 19.7 Å². The van der Waals surface area contributed by atoms with Crippen LogP contribution in [0.4, 0.5) is 0 Å². The smallest absolute Gasteiger partial charge is 0.297 e. The highest BCUT2D eigenvalue weighted by atomic mass is 35.7. The summed E-state index contributed by atoms with van der Waals surface area (Å²) in [4.78, 5) is 0. The fourth-order valence-corrected chi connectivity index (χ4v) is 1.47. The second-order valence-corrected chi connectivity index (χ2v) is 5.10. The quantitative estimate of drug-likeness (QED) is 0.706. The van der Waals surface area contributed by atoms with Crippen molar-refractivity contribution in [1.82, 2.24) is 0 Å². The first-order valence-electron chi connectivity index (χ1n) is 3.93. The minimum Gasteiger partial charge on any atom is -0.465 e. The lowest BCUT2D eigenvalue weighted by Crippen LogP contribution is -2.09. The molecule has 0 radical (unpaired) electrons. The maximum atomic E-state index is 11.0. The summed E-state index contributed by atoms with van der Waals surface area (Å²) in [7, 11) is 1.09. The van der Waals surface area contributed by atoms with Crippen LogP contribution < -0.4 is 0 Å². The van der Waals surface area contributed by atoms with Gasteiger partial charge in [-0.3, -0.25) is 0 Å². The summed E-state index contributed by atoms with van der Waals surface area (Å²) in [6.45, 7) is 0. The van der Waals surface area contributed by atoms with E-state index in [1.807, 2.05) is 0 Å². The first kappa shape index (κ1) is 10.9. The molecule has 0 aliphatic carbocycles. The Morgan fingerprint density at radius 1 is 1.00 bits per heavy atom. The molecule has 16 heavy (non-hydrogen) atoms. The van der Waals surface area contributed by atoms with Crippen LogP contribution in [0.25, 0.3) is 0 Å². The Kier molecular flexibility index (Phi) is 2.80. The second kappa shape index (κ2) is 4.11. The average Bonchev–Trinajstić information content (AvgIpc) is 2.29. The first-order chi connectivity index (χ1) is 7.57. The summed E-state index contributed by atoms with van der Waals surface area (Å²) < 4.78 is 41.5. The third-order valence-electron chi connectivity index (χ3n) is 1.54. The number of hydrogen-bond donors (Lipinski definition) is 0. The van der Waals surface area contributed by atoms with E-state index in [2.05, 4.69) is 0 Å². The first-order valence-corrected chi connectivity index (χ1v) is 6.24. The Hall–Kier alpha value is -1.60. The van der Waals surface area contributed by atoms with Gasteiger partial charge in [-0.15, -0.1) is 0 Å². The monoisotopic (exact) mass is 264 g/mol. The van der Waals surface area contributed by atoms with Crippen molar-refractivity contribution in [2.75, 3.05) is 0 Å². The second-order valence-electron chi connectivity index (χ2n) is 2.60. The molecule has 0 aromatic carbocycles. The van der Waals surface area contributed by atoms with Gasteiger partial charge < -0.3 is 18.9 Å². The summed E-state index contributed by atoms with van der Waals surface area (Å²) in [5, 5.41) is -0.522. The van der Waals surface area contributed by atoms with Gasteiger partial charge in [0.15, 0.2) is 0 Å². The topological polar surface area (TPSA) is 71.1 Å². The van der Waals surface area contributed by atoms with Gasteiger partial charge in [0.25, 0.3) is 14.1 Å². The molecule has 0 saturated heterocycles. The third kappa shape index (κ3) is 2.31. The van der Waals surface area contributed by atoms with Crippen LogP contribution in [0.2, 0.25) is 0 Å². The molecule has 2 aliphatic heterocycles. The Morgan fingerprint density at radius 2 is 1.75 bits per heavy atom. The van der Waals surface area contributed by atoms with Crippen LogP contribution >= 0.6 is 10.7 Å². The zero-order valence-corrected chi connectivity index (χ0v) is 9.19. The summed E-state index contributed by atoms with van der Waals surface area (Å²) in [5.41, 5.74) is 0. The van der Waals surface area contributed by atoms with Gasteiger partial charge in [0.05, 0.1) is 0 Å². The number of halogens is 1. The highest BCUT2D eigenvalue weighted by molar-refractivity contribution is 8.16. The molecule has 0 bridgehead atoms. The lowest BCUT2D eigenvalue weighted by molar-refractivity contribution is 0.191. The molecule has 0 amide bonds. The Morgan fingerprint density at radius 3 is 2.38 bits per heavy atom. The molecular formula is C8H5ClO6S. The van der Waals surface area contributed by atoms with E-state index in [9.17, 15) is 8.42 Å². The van der Waals surface area contributed by atoms with E-state index in [1.165, 1.54) is 18.8 Å². The lowest BCUT2D eigenvalue weighted by Gasteiger charge is -2.16. The van der Waals surface area contributed by atoms with Gasteiger partial charge in [-0.1, -0.05) is 0 Å². The Balaban J connectivity index is 2.16. The van der Waals surface area contributed by atoms with Gasteiger partial charge >= 0.3 is 0 Å². The molecule has 86 valence electrons. The maximum absolute atomic E-state index is 11.0. The van der Waals surface area contributed by atoms with E-state index < -0.39 is 14.1 Å². The van der Waals surface area contributed by atoms with Crippen molar-refractivity contribution in [2.24, 2.45) is 0 Å². The van der Waals surface area contributed by atoms with Crippen molar-refractivity contribution < 1.29 is 27.4 Å². The molecule has 0 aromatic rings. The van der Waals surface area contributed by atoms with Crippen molar-refractivity contribution in [2.45, 2.75) is 0 Å². The Labute approximate surface area is 95.4 Å². The van der Waals surface area contributed by atoms with Crippen LogP contribution in [0.1, 0.15) is 0 Å². The summed E-state index contributed by atoms with van der Waals surface area (Å²) >= 11 is 0. The van der Waals surface area contributed by atoms with Gasteiger partial charge in [-0.25, -0.2) is 8.42 Å². The molecule has 2 heterocycles. The summed E-state index contributed by atoms with van der Waals surface area (Å²) in [6.07, 6.45) is 5.79. The normalized spacial score (nSPS) is 19.2. The number of ether oxygens (including phenoxy) is 4. The summed E-state index contributed by atoms with van der Waals surface area (Å²) in [5.74, 6) is 0.194. The van der Waals surface area contributed by atoms with Gasteiger partial charge in [0, 0.05) is 10.7 Å². The fourth-order valence-electron chi connectivity index (χ4n) is 0.902. The Bertz CT molecular complexity index is 513. The predicted molar refractivity (Wildman–Crippen MR) is 52.5 cm³/mol. The van der Waals surface area contributed by atoms with E-state index in [-0.39, 0.29) is 11.5 Å². The minimum atomic E-state index is -3.99. The van der Waals surface area contributed by atoms with Crippen LogP contribution in [-0.2, 0) is 28.0 Å². The van der Waals surface area contributed by atoms with Crippen molar-refractivity contribution in [3.63, 3.8) is 0 Å². The van der Waals surface area contributed by atoms with E-state index in [4.69, 9.17) is 29.6 Å². The molecule has 6 nitrogen and oxygen atoms in total. The number of rotatable bonds is 2. The SMILES string of the molecule is O=S(=O)(Cl)C1=COC=C(C2=COC=CO2)O1. The lowest BCUT2D eigenvalue weighted by atomic mass is 10.4. The highest BCUT2D eigenvalue weighted by Crippen LogP contribution is 2.27. The molecule has 0 spiro atoms. The fraction of sp³-hybridized carbons (Fsp3) is 0. The molecule has 0 unspecified atom stereocenters. The summed E-state index contributed by atoms with van der Waals surface area (Å²) in [6, 6.07) is 0. The number of hydrogen-bond acceptors (Lipinski definition) is 6. The zero-order chi connectivity index (χ0) is 11.6. The van der Waals surface area contributed by atoms with Crippen LogP contribution in [-0.4, -0.2) is 8.42 Å². The minimum absolute atomic E-state index is 0.0334. The van der Waals surface area contributed by atoms with E-state index in [1.54, 1.807) is 0 Å². The van der Waals surface area contributed by atoms with Gasteiger partial charge in [0.2, 0.25) is 11.5 Å². The highest BCUT2D eigenvalue weighted by Gasteiger charge is 2.25. The van der Waals surface area contributed by atoms with Crippen molar-refractivity contribution in [1.29, 1.82) is 0 Å². The van der Waals surface area contributed by atoms with E-state index >= 15 is 0 Å². The molecule has 8 heteroatoms. The molecule has 0 atom stereocenters. The third-order valence-corrected chi connectivity index (χ3v) is 2.65. The molecule has 0 fully saturated rings. The van der Waals surface area contributed by atoms with Gasteiger partial charge in [-0.05, 0) is 0 Å². The predicted octanol–water partition coefficient (Wildman–Crippen LogP) is 1.60.